The first-order valence-corrected chi connectivity index (χ1v) is 12.4. The molecule has 2 fully saturated rings. The zero-order valence-corrected chi connectivity index (χ0v) is 19.7. The zero-order chi connectivity index (χ0) is 22.9. The number of hydrogen-bond acceptors (Lipinski definition) is 6. The summed E-state index contributed by atoms with van der Waals surface area (Å²) in [7, 11) is 0. The summed E-state index contributed by atoms with van der Waals surface area (Å²) in [5.74, 6) is 0.577. The number of carbonyl (C=O) groups excluding carboxylic acids is 1. The van der Waals surface area contributed by atoms with Crippen molar-refractivity contribution in [1.82, 2.24) is 9.88 Å². The van der Waals surface area contributed by atoms with Crippen LogP contribution in [0.25, 0.3) is 0 Å². The van der Waals surface area contributed by atoms with Gasteiger partial charge in [0.05, 0.1) is 19.3 Å². The predicted molar refractivity (Wildman–Crippen MR) is 127 cm³/mol. The molecule has 4 rings (SSSR count). The van der Waals surface area contributed by atoms with E-state index in [2.05, 4.69) is 46.3 Å². The summed E-state index contributed by atoms with van der Waals surface area (Å²) in [5, 5.41) is 0. The summed E-state index contributed by atoms with van der Waals surface area (Å²) >= 11 is 0. The molecule has 1 aliphatic carbocycles. The molecule has 6 heteroatoms. The maximum Gasteiger partial charge on any atom is 0.344 e. The molecule has 0 spiro atoms. The molecule has 1 saturated carbocycles. The van der Waals surface area contributed by atoms with Crippen LogP contribution in [-0.2, 0) is 20.8 Å². The van der Waals surface area contributed by atoms with Crippen LogP contribution in [0.1, 0.15) is 62.5 Å². The minimum atomic E-state index is -0.362. The van der Waals surface area contributed by atoms with E-state index in [1.165, 1.54) is 18.4 Å². The minimum Gasteiger partial charge on any atom is -0.465 e. The average Bonchev–Trinajstić information content (AvgIpc) is 3.29. The van der Waals surface area contributed by atoms with E-state index in [0.717, 1.165) is 50.9 Å². The molecular formula is C27H36N2O4. The zero-order valence-electron chi connectivity index (χ0n) is 19.7. The van der Waals surface area contributed by atoms with Crippen molar-refractivity contribution >= 4 is 5.97 Å². The molecular weight excluding hydrogens is 416 g/mol. The molecule has 0 N–H and O–H groups in total. The van der Waals surface area contributed by atoms with Crippen molar-refractivity contribution in [2.75, 3.05) is 26.4 Å². The number of likely N-dealkylation sites (tertiary alicyclic amines) is 1. The number of aromatic nitrogens is 1. The SMILES string of the molecule is CCOC(=O)COc1ncccc1[C@H]1CC[C@@H](OCC2CCCN2Cc2ccccc2)CC1. The summed E-state index contributed by atoms with van der Waals surface area (Å²) in [6.45, 7) is 5.03. The van der Waals surface area contributed by atoms with Gasteiger partial charge in [0, 0.05) is 24.3 Å². The molecule has 6 nitrogen and oxygen atoms in total. The van der Waals surface area contributed by atoms with Crippen LogP contribution in [0.2, 0.25) is 0 Å². The molecule has 2 aromatic rings. The second kappa shape index (κ2) is 12.1. The fourth-order valence-electron chi connectivity index (χ4n) is 5.06. The second-order valence-electron chi connectivity index (χ2n) is 9.05. The monoisotopic (exact) mass is 452 g/mol. The maximum absolute atomic E-state index is 11.7. The molecule has 1 aromatic carbocycles. The van der Waals surface area contributed by atoms with Crippen molar-refractivity contribution in [2.24, 2.45) is 0 Å². The highest BCUT2D eigenvalue weighted by Gasteiger charge is 2.29. The lowest BCUT2D eigenvalue weighted by molar-refractivity contribution is -0.145. The van der Waals surface area contributed by atoms with Gasteiger partial charge >= 0.3 is 5.97 Å². The van der Waals surface area contributed by atoms with Gasteiger partial charge in [-0.3, -0.25) is 4.90 Å². The number of nitrogens with zero attached hydrogens (tertiary/aromatic N) is 2. The first kappa shape index (κ1) is 23.7. The average molecular weight is 453 g/mol. The fraction of sp³-hybridized carbons (Fsp3) is 0.556. The summed E-state index contributed by atoms with van der Waals surface area (Å²) in [5.41, 5.74) is 2.47. The smallest absolute Gasteiger partial charge is 0.344 e. The van der Waals surface area contributed by atoms with E-state index < -0.39 is 0 Å². The van der Waals surface area contributed by atoms with Crippen LogP contribution in [-0.4, -0.2) is 54.4 Å². The van der Waals surface area contributed by atoms with Gasteiger partial charge in [-0.15, -0.1) is 0 Å². The van der Waals surface area contributed by atoms with Gasteiger partial charge in [0.15, 0.2) is 6.61 Å². The molecule has 1 aromatic heterocycles. The first-order chi connectivity index (χ1) is 16.2. The lowest BCUT2D eigenvalue weighted by atomic mass is 9.83. The number of esters is 1. The van der Waals surface area contributed by atoms with Crippen LogP contribution in [0.4, 0.5) is 0 Å². The Hall–Kier alpha value is -2.44. The predicted octanol–water partition coefficient (Wildman–Crippen LogP) is 4.73. The molecule has 0 bridgehead atoms. The fourth-order valence-corrected chi connectivity index (χ4v) is 5.06. The lowest BCUT2D eigenvalue weighted by Crippen LogP contribution is -2.34. The standard InChI is InChI=1S/C27H36N2O4/c1-2-31-26(30)20-33-27-25(11-6-16-28-27)22-12-14-24(15-13-22)32-19-23-10-7-17-29(23)18-21-8-4-3-5-9-21/h3-6,8-9,11,16,22-24H,2,7,10,12-15,17-20H2,1H3/t22-,23?,24+. The summed E-state index contributed by atoms with van der Waals surface area (Å²) in [4.78, 5) is 18.6. The summed E-state index contributed by atoms with van der Waals surface area (Å²) in [6, 6.07) is 15.3. The molecule has 1 atom stereocenters. The Morgan fingerprint density at radius 2 is 1.88 bits per heavy atom. The third kappa shape index (κ3) is 6.78. The van der Waals surface area contributed by atoms with Crippen LogP contribution < -0.4 is 4.74 Å². The largest absolute Gasteiger partial charge is 0.465 e. The quantitative estimate of drug-likeness (QED) is 0.486. The number of ether oxygens (including phenoxy) is 3. The Bertz CT molecular complexity index is 867. The lowest BCUT2D eigenvalue weighted by Gasteiger charge is -2.31. The van der Waals surface area contributed by atoms with E-state index in [9.17, 15) is 4.79 Å². The summed E-state index contributed by atoms with van der Waals surface area (Å²) < 4.78 is 17.1. The second-order valence-corrected chi connectivity index (χ2v) is 9.05. The van der Waals surface area contributed by atoms with Crippen molar-refractivity contribution in [3.05, 3.63) is 59.8 Å². The molecule has 2 aliphatic rings. The Balaban J connectivity index is 1.24. The highest BCUT2D eigenvalue weighted by atomic mass is 16.6. The number of pyridine rings is 1. The Kier molecular flexibility index (Phi) is 8.72. The van der Waals surface area contributed by atoms with Gasteiger partial charge in [-0.05, 0) is 69.5 Å². The number of benzene rings is 1. The van der Waals surface area contributed by atoms with Crippen LogP contribution in [0.5, 0.6) is 5.88 Å². The van der Waals surface area contributed by atoms with Crippen molar-refractivity contribution < 1.29 is 19.0 Å². The Morgan fingerprint density at radius 3 is 2.67 bits per heavy atom. The van der Waals surface area contributed by atoms with Crippen LogP contribution in [0.3, 0.4) is 0 Å². The summed E-state index contributed by atoms with van der Waals surface area (Å²) in [6.07, 6.45) is 8.68. The third-order valence-electron chi connectivity index (χ3n) is 6.80. The van der Waals surface area contributed by atoms with Gasteiger partial charge in [0.1, 0.15) is 0 Å². The number of hydrogen-bond donors (Lipinski definition) is 0. The molecule has 0 amide bonds. The van der Waals surface area contributed by atoms with Crippen LogP contribution >= 0.6 is 0 Å². The van der Waals surface area contributed by atoms with E-state index in [1.54, 1.807) is 13.1 Å². The minimum absolute atomic E-state index is 0.100. The number of rotatable bonds is 10. The highest BCUT2D eigenvalue weighted by Crippen LogP contribution is 2.37. The Morgan fingerprint density at radius 1 is 1.06 bits per heavy atom. The van der Waals surface area contributed by atoms with Crippen LogP contribution in [0, 0.1) is 0 Å². The van der Waals surface area contributed by atoms with Gasteiger partial charge in [-0.1, -0.05) is 36.4 Å². The van der Waals surface area contributed by atoms with E-state index in [4.69, 9.17) is 14.2 Å². The molecule has 1 saturated heterocycles. The molecule has 1 unspecified atom stereocenters. The van der Waals surface area contributed by atoms with Gasteiger partial charge in [-0.2, -0.15) is 0 Å². The topological polar surface area (TPSA) is 60.9 Å². The van der Waals surface area contributed by atoms with E-state index in [0.29, 0.717) is 30.6 Å². The Labute approximate surface area is 197 Å². The van der Waals surface area contributed by atoms with E-state index >= 15 is 0 Å². The third-order valence-corrected chi connectivity index (χ3v) is 6.80. The van der Waals surface area contributed by atoms with Gasteiger partial charge < -0.3 is 14.2 Å². The molecule has 2 heterocycles. The first-order valence-electron chi connectivity index (χ1n) is 12.4. The van der Waals surface area contributed by atoms with E-state index in [-0.39, 0.29) is 12.6 Å². The maximum atomic E-state index is 11.7. The van der Waals surface area contributed by atoms with Gasteiger partial charge in [-0.25, -0.2) is 9.78 Å². The van der Waals surface area contributed by atoms with Gasteiger partial charge in [0.25, 0.3) is 0 Å². The van der Waals surface area contributed by atoms with Crippen molar-refractivity contribution in [3.63, 3.8) is 0 Å². The molecule has 0 radical (unpaired) electrons. The molecule has 33 heavy (non-hydrogen) atoms. The number of carbonyl (C=O) groups is 1. The van der Waals surface area contributed by atoms with Crippen molar-refractivity contribution in [1.29, 1.82) is 0 Å². The van der Waals surface area contributed by atoms with Crippen molar-refractivity contribution in [3.8, 4) is 5.88 Å². The van der Waals surface area contributed by atoms with Gasteiger partial charge in [0.2, 0.25) is 5.88 Å². The normalized spacial score (nSPS) is 23.4. The van der Waals surface area contributed by atoms with E-state index in [1.807, 2.05) is 6.07 Å². The van der Waals surface area contributed by atoms with Crippen LogP contribution in [0.15, 0.2) is 48.7 Å². The molecule has 178 valence electrons. The molecule has 1 aliphatic heterocycles. The highest BCUT2D eigenvalue weighted by molar-refractivity contribution is 5.71. The van der Waals surface area contributed by atoms with Crippen molar-refractivity contribution in [2.45, 2.75) is 70.1 Å².